The van der Waals surface area contributed by atoms with Crippen LogP contribution in [0, 0.1) is 0 Å². The first-order chi connectivity index (χ1) is 13.1. The van der Waals surface area contributed by atoms with Gasteiger partial charge in [0.05, 0.1) is 16.6 Å². The first kappa shape index (κ1) is 17.5. The lowest BCUT2D eigenvalue weighted by Crippen LogP contribution is -2.55. The summed E-state index contributed by atoms with van der Waals surface area (Å²) in [5.41, 5.74) is 0.589. The number of para-hydroxylation sites is 1. The average molecular weight is 380 g/mol. The third-order valence-electron chi connectivity index (χ3n) is 4.72. The van der Waals surface area contributed by atoms with E-state index < -0.39 is 5.56 Å². The normalized spacial score (nSPS) is 17.1. The van der Waals surface area contributed by atoms with Gasteiger partial charge in [0.15, 0.2) is 0 Å². The van der Waals surface area contributed by atoms with E-state index >= 15 is 0 Å². The van der Waals surface area contributed by atoms with Crippen LogP contribution < -0.4 is 10.6 Å². The van der Waals surface area contributed by atoms with Gasteiger partial charge in [-0.3, -0.25) is 14.6 Å². The Labute approximate surface area is 161 Å². The zero-order chi connectivity index (χ0) is 18.8. The van der Waals surface area contributed by atoms with Crippen molar-refractivity contribution in [3.8, 4) is 10.7 Å². The second-order valence-electron chi connectivity index (χ2n) is 6.55. The molecular weight excluding hydrogens is 360 g/mol. The van der Waals surface area contributed by atoms with E-state index in [4.69, 9.17) is 0 Å². The van der Waals surface area contributed by atoms with Gasteiger partial charge in [0.2, 0.25) is 0 Å². The number of aromatic amines is 1. The van der Waals surface area contributed by atoms with Crippen LogP contribution in [-0.2, 0) is 0 Å². The minimum Gasteiger partial charge on any atom is -0.305 e. The molecule has 138 valence electrons. The monoisotopic (exact) mass is 380 g/mol. The summed E-state index contributed by atoms with van der Waals surface area (Å²) in [6.07, 6.45) is 3.28. The lowest BCUT2D eigenvalue weighted by Gasteiger charge is -2.44. The number of hydrazine groups is 1. The van der Waals surface area contributed by atoms with E-state index in [-0.39, 0.29) is 17.5 Å². The van der Waals surface area contributed by atoms with Crippen molar-refractivity contribution in [3.63, 3.8) is 0 Å². The Morgan fingerprint density at radius 2 is 2.04 bits per heavy atom. The number of hydrogen-bond donors (Lipinski definition) is 1. The van der Waals surface area contributed by atoms with E-state index in [0.29, 0.717) is 5.82 Å². The van der Waals surface area contributed by atoms with Crippen LogP contribution in [0.5, 0.6) is 0 Å². The quantitative estimate of drug-likeness (QED) is 0.754. The predicted molar refractivity (Wildman–Crippen MR) is 107 cm³/mol. The van der Waals surface area contributed by atoms with Gasteiger partial charge < -0.3 is 4.98 Å². The first-order valence-corrected chi connectivity index (χ1v) is 9.82. The molecule has 1 aliphatic heterocycles. The van der Waals surface area contributed by atoms with Crippen molar-refractivity contribution in [2.75, 3.05) is 11.6 Å². The highest BCUT2D eigenvalue weighted by Gasteiger charge is 2.32. The van der Waals surface area contributed by atoms with E-state index in [1.807, 2.05) is 59.8 Å². The summed E-state index contributed by atoms with van der Waals surface area (Å²) < 4.78 is 0. The predicted octanol–water partition coefficient (Wildman–Crippen LogP) is 3.54. The van der Waals surface area contributed by atoms with Gasteiger partial charge in [0.25, 0.3) is 11.5 Å². The van der Waals surface area contributed by atoms with E-state index in [0.717, 1.165) is 30.0 Å². The van der Waals surface area contributed by atoms with Gasteiger partial charge in [0.1, 0.15) is 11.4 Å². The van der Waals surface area contributed by atoms with Crippen LogP contribution in [0.3, 0.4) is 0 Å². The third-order valence-corrected chi connectivity index (χ3v) is 5.59. The number of nitrogens with one attached hydrogen (secondary N) is 1. The number of aromatic nitrogens is 2. The van der Waals surface area contributed by atoms with Crippen LogP contribution in [0.15, 0.2) is 58.8 Å². The Morgan fingerprint density at radius 1 is 1.22 bits per heavy atom. The highest BCUT2D eigenvalue weighted by molar-refractivity contribution is 7.13. The molecule has 3 aromatic rings. The van der Waals surface area contributed by atoms with Crippen molar-refractivity contribution >= 4 is 22.9 Å². The van der Waals surface area contributed by atoms with Gasteiger partial charge in [-0.1, -0.05) is 24.3 Å². The average Bonchev–Trinajstić information content (AvgIpc) is 3.23. The molecule has 1 amide bonds. The molecule has 0 aliphatic carbocycles. The molecule has 0 saturated carbocycles. The molecule has 0 spiro atoms. The molecule has 1 N–H and O–H groups in total. The number of thiophene rings is 1. The number of H-pyrrole nitrogens is 1. The molecule has 4 rings (SSSR count). The molecule has 1 aromatic carbocycles. The molecule has 1 aliphatic rings. The van der Waals surface area contributed by atoms with Gasteiger partial charge in [-0.05, 0) is 43.3 Å². The van der Waals surface area contributed by atoms with E-state index in [2.05, 4.69) is 9.97 Å². The van der Waals surface area contributed by atoms with Crippen molar-refractivity contribution in [3.05, 3.63) is 70.0 Å². The fraction of sp³-hybridized carbons (Fsp3) is 0.250. The van der Waals surface area contributed by atoms with E-state index in [9.17, 15) is 9.59 Å². The number of hydrogen-bond acceptors (Lipinski definition) is 5. The largest absolute Gasteiger partial charge is 0.305 e. The molecule has 1 atom stereocenters. The van der Waals surface area contributed by atoms with Crippen LogP contribution in [0.4, 0.5) is 5.69 Å². The highest BCUT2D eigenvalue weighted by atomic mass is 32.1. The smallest absolute Gasteiger partial charge is 0.279 e. The molecule has 6 nitrogen and oxygen atoms in total. The maximum absolute atomic E-state index is 13.2. The number of benzene rings is 1. The molecule has 1 fully saturated rings. The molecule has 27 heavy (non-hydrogen) atoms. The molecule has 0 bridgehead atoms. The summed E-state index contributed by atoms with van der Waals surface area (Å²) in [5, 5.41) is 5.57. The summed E-state index contributed by atoms with van der Waals surface area (Å²) in [7, 11) is 0. The number of carbonyl (C=O) groups excluding carboxylic acids is 1. The summed E-state index contributed by atoms with van der Waals surface area (Å²) in [6.45, 7) is 2.74. The molecule has 1 saturated heterocycles. The van der Waals surface area contributed by atoms with Crippen molar-refractivity contribution in [2.45, 2.75) is 25.8 Å². The molecule has 7 heteroatoms. The Morgan fingerprint density at radius 3 is 2.74 bits per heavy atom. The molecule has 3 heterocycles. The number of nitrogens with zero attached hydrogens (tertiary/aromatic N) is 3. The summed E-state index contributed by atoms with van der Waals surface area (Å²) >= 11 is 1.49. The fourth-order valence-corrected chi connectivity index (χ4v) is 4.05. The molecule has 0 radical (unpaired) electrons. The summed E-state index contributed by atoms with van der Waals surface area (Å²) in [4.78, 5) is 33.8. The van der Waals surface area contributed by atoms with E-state index in [1.54, 1.807) is 5.01 Å². The lowest BCUT2D eigenvalue weighted by molar-refractivity contribution is 0.0606. The summed E-state index contributed by atoms with van der Waals surface area (Å²) in [5.74, 6) is 0.163. The van der Waals surface area contributed by atoms with Gasteiger partial charge in [-0.25, -0.2) is 9.99 Å². The van der Waals surface area contributed by atoms with Crippen molar-refractivity contribution in [1.29, 1.82) is 0 Å². The molecular formula is C20H20N4O2S. The van der Waals surface area contributed by atoms with Crippen LogP contribution in [0.2, 0.25) is 0 Å². The standard InChI is InChI=1S/C20H20N4O2S/c1-14-7-5-11-23(15-8-3-2-4-9-15)24(14)20(26)16-13-21-18(22-19(16)25)17-10-6-12-27-17/h2-4,6,8-10,12-14H,5,7,11H2,1H3,(H,21,22,25). The lowest BCUT2D eigenvalue weighted by atomic mass is 10.1. The Kier molecular flexibility index (Phi) is 4.77. The van der Waals surface area contributed by atoms with Crippen LogP contribution in [0.1, 0.15) is 30.1 Å². The SMILES string of the molecule is CC1CCCN(c2ccccc2)N1C(=O)c1cnc(-c2cccs2)[nH]c1=O. The van der Waals surface area contributed by atoms with E-state index in [1.165, 1.54) is 17.5 Å². The van der Waals surface area contributed by atoms with Crippen molar-refractivity contribution in [1.82, 2.24) is 15.0 Å². The second kappa shape index (κ2) is 7.36. The van der Waals surface area contributed by atoms with Gasteiger partial charge >= 0.3 is 0 Å². The van der Waals surface area contributed by atoms with Gasteiger partial charge in [0, 0.05) is 12.7 Å². The van der Waals surface area contributed by atoms with Gasteiger partial charge in [-0.2, -0.15) is 0 Å². The van der Waals surface area contributed by atoms with Crippen molar-refractivity contribution in [2.24, 2.45) is 0 Å². The van der Waals surface area contributed by atoms with Crippen LogP contribution >= 0.6 is 11.3 Å². The maximum Gasteiger partial charge on any atom is 0.279 e. The highest BCUT2D eigenvalue weighted by Crippen LogP contribution is 2.26. The minimum atomic E-state index is -0.413. The second-order valence-corrected chi connectivity index (χ2v) is 7.50. The zero-order valence-corrected chi connectivity index (χ0v) is 15.8. The Balaban J connectivity index is 1.68. The Hall–Kier alpha value is -2.93. The summed E-state index contributed by atoms with van der Waals surface area (Å²) in [6, 6.07) is 13.6. The van der Waals surface area contributed by atoms with Gasteiger partial charge in [-0.15, -0.1) is 11.3 Å². The number of anilines is 1. The van der Waals surface area contributed by atoms with Crippen LogP contribution in [-0.4, -0.2) is 33.5 Å². The topological polar surface area (TPSA) is 69.3 Å². The molecule has 1 unspecified atom stereocenters. The number of rotatable bonds is 3. The minimum absolute atomic E-state index is 0.00262. The first-order valence-electron chi connectivity index (χ1n) is 8.94. The third kappa shape index (κ3) is 3.38. The zero-order valence-electron chi connectivity index (χ0n) is 15.0. The van der Waals surface area contributed by atoms with Crippen molar-refractivity contribution < 1.29 is 4.79 Å². The Bertz CT molecular complexity index is 985. The molecule has 2 aromatic heterocycles. The number of carbonyl (C=O) groups is 1. The fourth-order valence-electron chi connectivity index (χ4n) is 3.38. The van der Waals surface area contributed by atoms with Crippen LogP contribution in [0.25, 0.3) is 10.7 Å². The number of amides is 1. The maximum atomic E-state index is 13.2.